The van der Waals surface area contributed by atoms with E-state index in [4.69, 9.17) is 14.0 Å². The number of nitrogens with zero attached hydrogens (tertiary/aromatic N) is 2. The molecular weight excluding hydrogens is 326 g/mol. The molecule has 25 heavy (non-hydrogen) atoms. The van der Waals surface area contributed by atoms with Crippen LogP contribution in [0, 0.1) is 17.8 Å². The van der Waals surface area contributed by atoms with Gasteiger partial charge in [-0.25, -0.2) is 0 Å². The summed E-state index contributed by atoms with van der Waals surface area (Å²) in [7, 11) is 1.46. The molecule has 8 heteroatoms. The lowest BCUT2D eigenvalue weighted by atomic mass is 9.82. The molecule has 2 amide bonds. The largest absolute Gasteiger partial charge is 0.479 e. The number of nitrogens with one attached hydrogen (secondary N) is 1. The van der Waals surface area contributed by atoms with Gasteiger partial charge in [-0.2, -0.15) is 0 Å². The predicted octanol–water partition coefficient (Wildman–Crippen LogP) is 0.687. The Hall–Kier alpha value is -2.09. The summed E-state index contributed by atoms with van der Waals surface area (Å²) >= 11 is 0. The quantitative estimate of drug-likeness (QED) is 0.840. The van der Waals surface area contributed by atoms with Crippen LogP contribution < -0.4 is 10.1 Å². The number of rotatable bonds is 5. The Morgan fingerprint density at radius 1 is 1.36 bits per heavy atom. The fourth-order valence-corrected chi connectivity index (χ4v) is 3.73. The fourth-order valence-electron chi connectivity index (χ4n) is 3.73. The number of hydrogen-bond donors (Lipinski definition) is 1. The Balaban J connectivity index is 1.47. The lowest BCUT2D eigenvalue weighted by Gasteiger charge is -2.38. The average Bonchev–Trinajstić information content (AvgIpc) is 3.13. The molecule has 4 rings (SSSR count). The Labute approximate surface area is 145 Å². The molecule has 0 spiro atoms. The van der Waals surface area contributed by atoms with E-state index in [9.17, 15) is 9.59 Å². The van der Waals surface area contributed by atoms with Crippen LogP contribution in [-0.4, -0.2) is 61.3 Å². The Morgan fingerprint density at radius 2 is 2.20 bits per heavy atom. The van der Waals surface area contributed by atoms with Gasteiger partial charge in [-0.3, -0.25) is 9.59 Å². The topological polar surface area (TPSA) is 93.9 Å². The minimum absolute atomic E-state index is 0.0278. The van der Waals surface area contributed by atoms with Crippen molar-refractivity contribution in [2.45, 2.75) is 25.4 Å². The van der Waals surface area contributed by atoms with Gasteiger partial charge in [-0.1, -0.05) is 0 Å². The van der Waals surface area contributed by atoms with Gasteiger partial charge in [-0.15, -0.1) is 0 Å². The Morgan fingerprint density at radius 3 is 2.92 bits per heavy atom. The summed E-state index contributed by atoms with van der Waals surface area (Å²) in [6.07, 6.45) is 3.15. The highest BCUT2D eigenvalue weighted by Crippen LogP contribution is 2.35. The Kier molecular flexibility index (Phi) is 4.37. The van der Waals surface area contributed by atoms with E-state index in [0.717, 1.165) is 13.0 Å². The molecule has 1 aromatic heterocycles. The fraction of sp³-hybridized carbons (Fsp3) is 0.706. The van der Waals surface area contributed by atoms with Gasteiger partial charge in [-0.05, 0) is 30.3 Å². The molecule has 0 unspecified atom stereocenters. The molecular formula is C17H23N3O5. The molecule has 136 valence electrons. The number of amides is 2. The number of methoxy groups -OCH3 is 1. The monoisotopic (exact) mass is 349 g/mol. The van der Waals surface area contributed by atoms with Crippen molar-refractivity contribution in [3.63, 3.8) is 0 Å². The number of likely N-dealkylation sites (tertiary alicyclic amines) is 1. The first kappa shape index (κ1) is 16.4. The van der Waals surface area contributed by atoms with Crippen LogP contribution in [0.3, 0.4) is 0 Å². The third-order valence-corrected chi connectivity index (χ3v) is 5.39. The molecule has 1 aliphatic carbocycles. The van der Waals surface area contributed by atoms with E-state index in [1.165, 1.54) is 26.0 Å². The highest BCUT2D eigenvalue weighted by Gasteiger charge is 2.45. The normalized spacial score (nSPS) is 28.5. The molecule has 3 aliphatic rings. The first-order chi connectivity index (χ1) is 12.2. The third kappa shape index (κ3) is 3.35. The van der Waals surface area contributed by atoms with Crippen LogP contribution in [0.4, 0.5) is 0 Å². The summed E-state index contributed by atoms with van der Waals surface area (Å²) in [6, 6.07) is 1.46. The van der Waals surface area contributed by atoms with Crippen molar-refractivity contribution < 1.29 is 23.6 Å². The number of hydrogen-bond acceptors (Lipinski definition) is 6. The number of carbonyl (C=O) groups is 2. The van der Waals surface area contributed by atoms with Gasteiger partial charge >= 0.3 is 0 Å². The maximum absolute atomic E-state index is 12.7. The maximum atomic E-state index is 12.7. The highest BCUT2D eigenvalue weighted by atomic mass is 16.5. The van der Waals surface area contributed by atoms with Crippen LogP contribution in [-0.2, 0) is 9.53 Å². The molecule has 3 fully saturated rings. The van der Waals surface area contributed by atoms with Gasteiger partial charge in [0.25, 0.3) is 11.8 Å². The zero-order valence-electron chi connectivity index (χ0n) is 14.3. The summed E-state index contributed by atoms with van der Waals surface area (Å²) in [5.74, 6) is 0.674. The second kappa shape index (κ2) is 6.67. The van der Waals surface area contributed by atoms with Gasteiger partial charge < -0.3 is 24.2 Å². The zero-order chi connectivity index (χ0) is 17.4. The van der Waals surface area contributed by atoms with E-state index >= 15 is 0 Å². The van der Waals surface area contributed by atoms with E-state index in [0.29, 0.717) is 25.6 Å². The molecule has 1 saturated carbocycles. The van der Waals surface area contributed by atoms with E-state index in [2.05, 4.69) is 10.5 Å². The molecule has 2 saturated heterocycles. The number of piperidine rings is 1. The second-order valence-electron chi connectivity index (χ2n) is 7.10. The van der Waals surface area contributed by atoms with Crippen molar-refractivity contribution in [3.05, 3.63) is 11.8 Å². The van der Waals surface area contributed by atoms with Crippen LogP contribution in [0.5, 0.6) is 5.88 Å². The van der Waals surface area contributed by atoms with Crippen LogP contribution >= 0.6 is 0 Å². The molecule has 1 aromatic rings. The van der Waals surface area contributed by atoms with Crippen LogP contribution in [0.15, 0.2) is 10.6 Å². The summed E-state index contributed by atoms with van der Waals surface area (Å²) in [4.78, 5) is 27.0. The first-order valence-electron chi connectivity index (χ1n) is 8.85. The SMILES string of the molecule is COc1cc(C(=O)N2C[C@H](C(=O)NCC3CC3)[C@@H]3CCO[C@@H]3C2)on1. The van der Waals surface area contributed by atoms with Gasteiger partial charge in [0.15, 0.2) is 0 Å². The zero-order valence-corrected chi connectivity index (χ0v) is 14.3. The van der Waals surface area contributed by atoms with Crippen LogP contribution in [0.2, 0.25) is 0 Å². The molecule has 2 aliphatic heterocycles. The van der Waals surface area contributed by atoms with Crippen molar-refractivity contribution in [1.82, 2.24) is 15.4 Å². The smallest absolute Gasteiger partial charge is 0.292 e. The number of fused-ring (bicyclic) bond motifs is 1. The van der Waals surface area contributed by atoms with Gasteiger partial charge in [0, 0.05) is 32.2 Å². The molecule has 8 nitrogen and oxygen atoms in total. The molecule has 3 atom stereocenters. The standard InChI is InChI=1S/C17H23N3O5/c1-23-15-6-13(25-19-15)17(22)20-8-12(11-4-5-24-14(11)9-20)16(21)18-7-10-2-3-10/h6,10-12,14H,2-5,7-9H2,1H3,(H,18,21)/t11-,12-,14+/m0/s1. The maximum Gasteiger partial charge on any atom is 0.292 e. The van der Waals surface area contributed by atoms with Gasteiger partial charge in [0.05, 0.1) is 25.2 Å². The van der Waals surface area contributed by atoms with Gasteiger partial charge in [0.2, 0.25) is 11.7 Å². The second-order valence-corrected chi connectivity index (χ2v) is 7.10. The summed E-state index contributed by atoms with van der Waals surface area (Å²) < 4.78 is 15.8. The van der Waals surface area contributed by atoms with Crippen molar-refractivity contribution in [2.75, 3.05) is 33.4 Å². The number of carbonyl (C=O) groups excluding carboxylic acids is 2. The number of aromatic nitrogens is 1. The number of ether oxygens (including phenoxy) is 2. The molecule has 0 radical (unpaired) electrons. The van der Waals surface area contributed by atoms with Crippen LogP contribution in [0.1, 0.15) is 29.8 Å². The van der Waals surface area contributed by atoms with Gasteiger partial charge in [0.1, 0.15) is 0 Å². The average molecular weight is 349 g/mol. The van der Waals surface area contributed by atoms with Crippen LogP contribution in [0.25, 0.3) is 0 Å². The summed E-state index contributed by atoms with van der Waals surface area (Å²) in [5.41, 5.74) is 0. The third-order valence-electron chi connectivity index (χ3n) is 5.39. The predicted molar refractivity (Wildman–Crippen MR) is 86.0 cm³/mol. The van der Waals surface area contributed by atoms with E-state index in [1.807, 2.05) is 0 Å². The summed E-state index contributed by atoms with van der Waals surface area (Å²) in [5, 5.41) is 6.72. The minimum atomic E-state index is -0.287. The lowest BCUT2D eigenvalue weighted by Crippen LogP contribution is -2.54. The summed E-state index contributed by atoms with van der Waals surface area (Å²) in [6.45, 7) is 2.22. The van der Waals surface area contributed by atoms with Crippen molar-refractivity contribution in [3.8, 4) is 5.88 Å². The molecule has 3 heterocycles. The van der Waals surface area contributed by atoms with Crippen molar-refractivity contribution >= 4 is 11.8 Å². The van der Waals surface area contributed by atoms with Crippen molar-refractivity contribution in [2.24, 2.45) is 17.8 Å². The molecule has 0 aromatic carbocycles. The van der Waals surface area contributed by atoms with E-state index < -0.39 is 0 Å². The first-order valence-corrected chi connectivity index (χ1v) is 8.85. The highest BCUT2D eigenvalue weighted by molar-refractivity contribution is 5.92. The molecule has 0 bridgehead atoms. The molecule has 1 N–H and O–H groups in total. The lowest BCUT2D eigenvalue weighted by molar-refractivity contribution is -0.130. The van der Waals surface area contributed by atoms with Crippen molar-refractivity contribution in [1.29, 1.82) is 0 Å². The van der Waals surface area contributed by atoms with E-state index in [1.54, 1.807) is 4.90 Å². The minimum Gasteiger partial charge on any atom is -0.479 e. The van der Waals surface area contributed by atoms with E-state index in [-0.39, 0.29) is 41.4 Å². The Bertz CT molecular complexity index is 656.